The van der Waals surface area contributed by atoms with Gasteiger partial charge in [-0.25, -0.2) is 8.78 Å². The molecule has 0 aliphatic carbocycles. The topological polar surface area (TPSA) is 35.6 Å². The van der Waals surface area contributed by atoms with Gasteiger partial charge in [-0.05, 0) is 55.4 Å². The van der Waals surface area contributed by atoms with Gasteiger partial charge in [-0.15, -0.1) is 0 Å². The number of rotatable bonds is 6. The van der Waals surface area contributed by atoms with E-state index in [4.69, 9.17) is 0 Å². The van der Waals surface area contributed by atoms with Crippen LogP contribution >= 0.6 is 0 Å². The Labute approximate surface area is 170 Å². The quantitative estimate of drug-likeness (QED) is 0.746. The number of halogens is 2. The zero-order valence-electron chi connectivity index (χ0n) is 16.9. The zero-order valence-corrected chi connectivity index (χ0v) is 16.9. The number of nitrogens with zero attached hydrogens (tertiary/aromatic N) is 2. The van der Waals surface area contributed by atoms with Crippen molar-refractivity contribution in [1.29, 1.82) is 0 Å². The van der Waals surface area contributed by atoms with Crippen LogP contribution in [0.5, 0.6) is 0 Å². The van der Waals surface area contributed by atoms with Crippen LogP contribution < -0.4 is 10.2 Å². The highest BCUT2D eigenvalue weighted by Gasteiger charge is 2.21. The second-order valence-electron chi connectivity index (χ2n) is 7.24. The molecule has 4 nitrogen and oxygen atoms in total. The predicted molar refractivity (Wildman–Crippen MR) is 113 cm³/mol. The van der Waals surface area contributed by atoms with Gasteiger partial charge in [0.25, 0.3) is 0 Å². The Morgan fingerprint density at radius 3 is 2.52 bits per heavy atom. The fourth-order valence-electron chi connectivity index (χ4n) is 3.59. The number of carbonyl (C=O) groups excluding carboxylic acids is 1. The lowest BCUT2D eigenvalue weighted by Crippen LogP contribution is -2.46. The molecule has 0 radical (unpaired) electrons. The van der Waals surface area contributed by atoms with Crippen LogP contribution in [-0.4, -0.2) is 43.5 Å². The second kappa shape index (κ2) is 9.65. The summed E-state index contributed by atoms with van der Waals surface area (Å²) in [6.45, 7) is 8.67. The summed E-state index contributed by atoms with van der Waals surface area (Å²) in [5, 5.41) is 2.88. The number of anilines is 1. The number of amides is 1. The summed E-state index contributed by atoms with van der Waals surface area (Å²) >= 11 is 0. The Morgan fingerprint density at radius 1 is 1.10 bits per heavy atom. The van der Waals surface area contributed by atoms with Crippen LogP contribution in [0.3, 0.4) is 0 Å². The van der Waals surface area contributed by atoms with Gasteiger partial charge in [0.05, 0.1) is 6.04 Å². The number of carbonyl (C=O) groups is 1. The molecule has 1 saturated heterocycles. The molecule has 2 aromatic carbocycles. The molecule has 2 aromatic rings. The Balaban J connectivity index is 1.70. The summed E-state index contributed by atoms with van der Waals surface area (Å²) in [5.41, 5.74) is 2.31. The Kier molecular flexibility index (Phi) is 6.99. The van der Waals surface area contributed by atoms with Gasteiger partial charge < -0.3 is 15.1 Å². The van der Waals surface area contributed by atoms with Gasteiger partial charge in [-0.1, -0.05) is 19.1 Å². The summed E-state index contributed by atoms with van der Waals surface area (Å²) in [7, 11) is 0. The molecular formula is C23H27F2N3O. The van der Waals surface area contributed by atoms with Crippen molar-refractivity contribution in [3.63, 3.8) is 0 Å². The molecule has 1 heterocycles. The zero-order chi connectivity index (χ0) is 20.8. The summed E-state index contributed by atoms with van der Waals surface area (Å²) < 4.78 is 27.2. The number of likely N-dealkylation sites (N-methyl/N-ethyl adjacent to an activating group) is 1. The first-order valence-electron chi connectivity index (χ1n) is 9.97. The van der Waals surface area contributed by atoms with Crippen molar-refractivity contribution in [3.05, 3.63) is 71.3 Å². The SMILES string of the molecule is CCN1CCN(c2ccc(F)cc2C(C)NC(=O)C=Cc2cccc(F)c2)CC1. The van der Waals surface area contributed by atoms with E-state index in [1.165, 1.54) is 30.3 Å². The molecule has 1 amide bonds. The second-order valence-corrected chi connectivity index (χ2v) is 7.24. The lowest BCUT2D eigenvalue weighted by molar-refractivity contribution is -0.117. The number of nitrogens with one attached hydrogen (secondary N) is 1. The minimum atomic E-state index is -0.366. The van der Waals surface area contributed by atoms with E-state index in [9.17, 15) is 13.6 Å². The van der Waals surface area contributed by atoms with Gasteiger partial charge in [-0.2, -0.15) is 0 Å². The number of hydrogen-bond donors (Lipinski definition) is 1. The average Bonchev–Trinajstić information content (AvgIpc) is 2.72. The fraction of sp³-hybridized carbons (Fsp3) is 0.348. The third kappa shape index (κ3) is 5.64. The Hall–Kier alpha value is -2.73. The lowest BCUT2D eigenvalue weighted by atomic mass is 10.0. The largest absolute Gasteiger partial charge is 0.369 e. The van der Waals surface area contributed by atoms with E-state index in [0.717, 1.165) is 44.0 Å². The van der Waals surface area contributed by atoms with Crippen molar-refractivity contribution in [1.82, 2.24) is 10.2 Å². The Morgan fingerprint density at radius 2 is 1.83 bits per heavy atom. The van der Waals surface area contributed by atoms with E-state index in [0.29, 0.717) is 5.56 Å². The van der Waals surface area contributed by atoms with Crippen molar-refractivity contribution in [3.8, 4) is 0 Å². The first kappa shape index (κ1) is 21.0. The molecule has 154 valence electrons. The lowest BCUT2D eigenvalue weighted by Gasteiger charge is -2.37. The van der Waals surface area contributed by atoms with Crippen molar-refractivity contribution in [2.45, 2.75) is 19.9 Å². The van der Waals surface area contributed by atoms with E-state index in [-0.39, 0.29) is 23.6 Å². The summed E-state index contributed by atoms with van der Waals surface area (Å²) in [5.74, 6) is -0.992. The van der Waals surface area contributed by atoms with Crippen molar-refractivity contribution in [2.24, 2.45) is 0 Å². The van der Waals surface area contributed by atoms with Crippen molar-refractivity contribution >= 4 is 17.7 Å². The maximum atomic E-state index is 13.9. The molecule has 0 aromatic heterocycles. The minimum Gasteiger partial charge on any atom is -0.369 e. The fourth-order valence-corrected chi connectivity index (χ4v) is 3.59. The van der Waals surface area contributed by atoms with E-state index in [1.807, 2.05) is 6.92 Å². The van der Waals surface area contributed by atoms with E-state index < -0.39 is 0 Å². The van der Waals surface area contributed by atoms with Crippen LogP contribution in [0, 0.1) is 11.6 Å². The minimum absolute atomic E-state index is 0.312. The molecule has 1 N–H and O–H groups in total. The highest BCUT2D eigenvalue weighted by atomic mass is 19.1. The highest BCUT2D eigenvalue weighted by molar-refractivity contribution is 5.92. The molecule has 29 heavy (non-hydrogen) atoms. The smallest absolute Gasteiger partial charge is 0.244 e. The molecule has 3 rings (SSSR count). The summed E-state index contributed by atoms with van der Waals surface area (Å²) in [4.78, 5) is 17.0. The van der Waals surface area contributed by atoms with Gasteiger partial charge >= 0.3 is 0 Å². The third-order valence-corrected chi connectivity index (χ3v) is 5.25. The Bertz CT molecular complexity index is 876. The van der Waals surface area contributed by atoms with Crippen molar-refractivity contribution < 1.29 is 13.6 Å². The number of hydrogen-bond acceptors (Lipinski definition) is 3. The first-order valence-corrected chi connectivity index (χ1v) is 9.97. The van der Waals surface area contributed by atoms with Crippen LogP contribution in [-0.2, 0) is 4.79 Å². The predicted octanol–water partition coefficient (Wildman–Crippen LogP) is 4.00. The van der Waals surface area contributed by atoms with E-state index in [2.05, 4.69) is 22.0 Å². The molecule has 6 heteroatoms. The number of benzene rings is 2. The monoisotopic (exact) mass is 399 g/mol. The van der Waals surface area contributed by atoms with E-state index in [1.54, 1.807) is 24.3 Å². The normalized spacial score (nSPS) is 16.2. The van der Waals surface area contributed by atoms with Gasteiger partial charge in [-0.3, -0.25) is 4.79 Å². The molecule has 0 spiro atoms. The number of piperazine rings is 1. The van der Waals surface area contributed by atoms with Gasteiger partial charge in [0, 0.05) is 43.5 Å². The maximum absolute atomic E-state index is 13.9. The highest BCUT2D eigenvalue weighted by Crippen LogP contribution is 2.28. The maximum Gasteiger partial charge on any atom is 0.244 e. The van der Waals surface area contributed by atoms with Crippen LogP contribution in [0.2, 0.25) is 0 Å². The van der Waals surface area contributed by atoms with Gasteiger partial charge in [0.2, 0.25) is 5.91 Å². The van der Waals surface area contributed by atoms with Crippen LogP contribution in [0.15, 0.2) is 48.5 Å². The molecule has 1 aliphatic rings. The molecular weight excluding hydrogens is 372 g/mol. The third-order valence-electron chi connectivity index (χ3n) is 5.25. The first-order chi connectivity index (χ1) is 14.0. The average molecular weight is 399 g/mol. The molecule has 1 fully saturated rings. The molecule has 0 saturated carbocycles. The molecule has 1 aliphatic heterocycles. The van der Waals surface area contributed by atoms with Crippen LogP contribution in [0.1, 0.15) is 31.0 Å². The van der Waals surface area contributed by atoms with Gasteiger partial charge in [0.15, 0.2) is 0 Å². The summed E-state index contributed by atoms with van der Waals surface area (Å²) in [6.07, 6.45) is 2.92. The molecule has 1 unspecified atom stereocenters. The summed E-state index contributed by atoms with van der Waals surface area (Å²) in [6, 6.07) is 10.4. The van der Waals surface area contributed by atoms with Crippen LogP contribution in [0.25, 0.3) is 6.08 Å². The molecule has 0 bridgehead atoms. The molecule has 1 atom stereocenters. The van der Waals surface area contributed by atoms with Crippen molar-refractivity contribution in [2.75, 3.05) is 37.6 Å². The van der Waals surface area contributed by atoms with Crippen LogP contribution in [0.4, 0.5) is 14.5 Å². The standard InChI is InChI=1S/C23H27F2N3O/c1-3-27-11-13-28(14-12-27)22-9-8-20(25)16-21(22)17(2)26-23(29)10-7-18-5-4-6-19(24)15-18/h4-10,15-17H,3,11-14H2,1-2H3,(H,26,29). The van der Waals surface area contributed by atoms with E-state index >= 15 is 0 Å². The van der Waals surface area contributed by atoms with Gasteiger partial charge in [0.1, 0.15) is 11.6 Å².